The van der Waals surface area contributed by atoms with E-state index in [0.29, 0.717) is 18.8 Å². The first kappa shape index (κ1) is 14.0. The molecule has 1 N–H and O–H groups in total. The number of rotatable bonds is 5. The Hall–Kier alpha value is -1.39. The summed E-state index contributed by atoms with van der Waals surface area (Å²) in [5.41, 5.74) is 1.60. The Morgan fingerprint density at radius 3 is 3.11 bits per heavy atom. The van der Waals surface area contributed by atoms with Crippen molar-refractivity contribution >= 4 is 5.97 Å². The Balaban J connectivity index is 1.89. The monoisotopic (exact) mass is 263 g/mol. The molecule has 0 aromatic heterocycles. The van der Waals surface area contributed by atoms with Crippen molar-refractivity contribution in [1.82, 2.24) is 5.32 Å². The van der Waals surface area contributed by atoms with Crippen LogP contribution in [0.4, 0.5) is 0 Å². The van der Waals surface area contributed by atoms with Crippen LogP contribution in [-0.4, -0.2) is 31.8 Å². The van der Waals surface area contributed by atoms with Gasteiger partial charge in [-0.15, -0.1) is 0 Å². The molecule has 1 fully saturated rings. The Morgan fingerprint density at radius 2 is 2.37 bits per heavy atom. The Kier molecular flexibility index (Phi) is 5.36. The third kappa shape index (κ3) is 4.33. The van der Waals surface area contributed by atoms with Crippen LogP contribution in [0.15, 0.2) is 24.3 Å². The highest BCUT2D eigenvalue weighted by molar-refractivity contribution is 5.89. The van der Waals surface area contributed by atoms with Gasteiger partial charge in [-0.3, -0.25) is 0 Å². The van der Waals surface area contributed by atoms with Gasteiger partial charge < -0.3 is 14.8 Å². The summed E-state index contributed by atoms with van der Waals surface area (Å²) in [6.07, 6.45) is 2.54. The van der Waals surface area contributed by atoms with E-state index in [2.05, 4.69) is 5.32 Å². The van der Waals surface area contributed by atoms with Crippen molar-refractivity contribution < 1.29 is 14.3 Å². The maximum atomic E-state index is 11.6. The van der Waals surface area contributed by atoms with Crippen LogP contribution >= 0.6 is 0 Å². The first-order valence-corrected chi connectivity index (χ1v) is 6.88. The quantitative estimate of drug-likeness (QED) is 0.827. The average Bonchev–Trinajstić information content (AvgIpc) is 2.47. The highest BCUT2D eigenvalue weighted by atomic mass is 16.5. The summed E-state index contributed by atoms with van der Waals surface area (Å²) in [7, 11) is 0. The van der Waals surface area contributed by atoms with Crippen molar-refractivity contribution in [1.29, 1.82) is 0 Å². The molecule has 0 aliphatic carbocycles. The van der Waals surface area contributed by atoms with Crippen molar-refractivity contribution in [2.45, 2.75) is 32.5 Å². The molecule has 1 unspecified atom stereocenters. The highest BCUT2D eigenvalue weighted by Gasteiger charge is 2.13. The molecule has 1 aliphatic rings. The van der Waals surface area contributed by atoms with Crippen LogP contribution in [0, 0.1) is 0 Å². The lowest BCUT2D eigenvalue weighted by Crippen LogP contribution is -2.35. The van der Waals surface area contributed by atoms with E-state index in [-0.39, 0.29) is 12.1 Å². The van der Waals surface area contributed by atoms with Gasteiger partial charge in [0.2, 0.25) is 0 Å². The fourth-order valence-corrected chi connectivity index (χ4v) is 2.18. The van der Waals surface area contributed by atoms with E-state index in [1.807, 2.05) is 18.2 Å². The Morgan fingerprint density at radius 1 is 1.47 bits per heavy atom. The van der Waals surface area contributed by atoms with E-state index >= 15 is 0 Å². The van der Waals surface area contributed by atoms with Crippen molar-refractivity contribution in [2.75, 3.05) is 19.7 Å². The summed E-state index contributed by atoms with van der Waals surface area (Å²) < 4.78 is 10.8. The molecule has 1 heterocycles. The van der Waals surface area contributed by atoms with Crippen LogP contribution in [0.1, 0.15) is 35.7 Å². The molecule has 1 aliphatic heterocycles. The van der Waals surface area contributed by atoms with Gasteiger partial charge in [-0.05, 0) is 44.0 Å². The summed E-state index contributed by atoms with van der Waals surface area (Å²) in [6, 6.07) is 7.45. The molecule has 104 valence electrons. The van der Waals surface area contributed by atoms with Gasteiger partial charge in [0.15, 0.2) is 0 Å². The molecule has 1 aromatic carbocycles. The Bertz CT molecular complexity index is 414. The molecule has 1 atom stereocenters. The predicted octanol–water partition coefficient (Wildman–Crippen LogP) is 2.13. The Labute approximate surface area is 114 Å². The second kappa shape index (κ2) is 7.26. The topological polar surface area (TPSA) is 47.6 Å². The molecule has 1 aromatic rings. The summed E-state index contributed by atoms with van der Waals surface area (Å²) >= 11 is 0. The largest absolute Gasteiger partial charge is 0.462 e. The summed E-state index contributed by atoms with van der Waals surface area (Å²) in [4.78, 5) is 11.6. The SMILES string of the molecule is CCOC(=O)c1cccc(COC2CCCNC2)c1. The smallest absolute Gasteiger partial charge is 0.338 e. The van der Waals surface area contributed by atoms with E-state index in [1.165, 1.54) is 0 Å². The lowest BCUT2D eigenvalue weighted by molar-refractivity contribution is 0.0252. The van der Waals surface area contributed by atoms with Crippen LogP contribution in [0.5, 0.6) is 0 Å². The maximum Gasteiger partial charge on any atom is 0.338 e. The van der Waals surface area contributed by atoms with E-state index < -0.39 is 0 Å². The van der Waals surface area contributed by atoms with Crippen LogP contribution in [0.25, 0.3) is 0 Å². The molecule has 0 radical (unpaired) electrons. The maximum absolute atomic E-state index is 11.6. The number of hydrogen-bond donors (Lipinski definition) is 1. The first-order valence-electron chi connectivity index (χ1n) is 6.88. The number of piperidine rings is 1. The van der Waals surface area contributed by atoms with Crippen LogP contribution in [-0.2, 0) is 16.1 Å². The van der Waals surface area contributed by atoms with Gasteiger partial charge in [0.1, 0.15) is 0 Å². The molecule has 4 heteroatoms. The van der Waals surface area contributed by atoms with Crippen molar-refractivity contribution in [3.8, 4) is 0 Å². The number of ether oxygens (including phenoxy) is 2. The van der Waals surface area contributed by atoms with Crippen LogP contribution in [0.3, 0.4) is 0 Å². The predicted molar refractivity (Wildman–Crippen MR) is 73.1 cm³/mol. The van der Waals surface area contributed by atoms with Gasteiger partial charge >= 0.3 is 5.97 Å². The second-order valence-corrected chi connectivity index (χ2v) is 4.70. The molecule has 0 spiro atoms. The van der Waals surface area contributed by atoms with Gasteiger partial charge in [-0.25, -0.2) is 4.79 Å². The zero-order chi connectivity index (χ0) is 13.5. The molecule has 0 amide bonds. The van der Waals surface area contributed by atoms with Gasteiger partial charge in [-0.2, -0.15) is 0 Å². The molecule has 0 saturated carbocycles. The zero-order valence-electron chi connectivity index (χ0n) is 11.4. The van der Waals surface area contributed by atoms with E-state index in [4.69, 9.17) is 9.47 Å². The van der Waals surface area contributed by atoms with Crippen LogP contribution < -0.4 is 5.32 Å². The molecular formula is C15H21NO3. The first-order chi connectivity index (χ1) is 9.29. The second-order valence-electron chi connectivity index (χ2n) is 4.70. The average molecular weight is 263 g/mol. The van der Waals surface area contributed by atoms with E-state index in [9.17, 15) is 4.79 Å². The normalized spacial score (nSPS) is 19.1. The van der Waals surface area contributed by atoms with Gasteiger partial charge in [0.25, 0.3) is 0 Å². The minimum absolute atomic E-state index is 0.274. The number of nitrogens with one attached hydrogen (secondary N) is 1. The number of benzene rings is 1. The summed E-state index contributed by atoms with van der Waals surface area (Å²) in [5, 5.41) is 3.32. The van der Waals surface area contributed by atoms with Gasteiger partial charge in [0, 0.05) is 6.54 Å². The molecule has 4 nitrogen and oxygen atoms in total. The lowest BCUT2D eigenvalue weighted by Gasteiger charge is -2.23. The van der Waals surface area contributed by atoms with Crippen molar-refractivity contribution in [2.24, 2.45) is 0 Å². The standard InChI is InChI=1S/C15H21NO3/c1-2-18-15(17)13-6-3-5-12(9-13)11-19-14-7-4-8-16-10-14/h3,5-6,9,14,16H,2,4,7-8,10-11H2,1H3. The van der Waals surface area contributed by atoms with Gasteiger partial charge in [0.05, 0.1) is 24.9 Å². The fraction of sp³-hybridized carbons (Fsp3) is 0.533. The molecule has 19 heavy (non-hydrogen) atoms. The molecule has 0 bridgehead atoms. The fourth-order valence-electron chi connectivity index (χ4n) is 2.18. The lowest BCUT2D eigenvalue weighted by atomic mass is 10.1. The number of esters is 1. The number of hydrogen-bond acceptors (Lipinski definition) is 4. The van der Waals surface area contributed by atoms with E-state index in [1.54, 1.807) is 13.0 Å². The molecule has 2 rings (SSSR count). The summed E-state index contributed by atoms with van der Waals surface area (Å²) in [6.45, 7) is 4.74. The number of carbonyl (C=O) groups is 1. The number of carbonyl (C=O) groups excluding carboxylic acids is 1. The van der Waals surface area contributed by atoms with Crippen LogP contribution in [0.2, 0.25) is 0 Å². The summed E-state index contributed by atoms with van der Waals surface area (Å²) in [5.74, 6) is -0.274. The third-order valence-electron chi connectivity index (χ3n) is 3.18. The van der Waals surface area contributed by atoms with E-state index in [0.717, 1.165) is 31.5 Å². The van der Waals surface area contributed by atoms with Crippen molar-refractivity contribution in [3.63, 3.8) is 0 Å². The zero-order valence-corrected chi connectivity index (χ0v) is 11.4. The minimum Gasteiger partial charge on any atom is -0.462 e. The minimum atomic E-state index is -0.274. The third-order valence-corrected chi connectivity index (χ3v) is 3.18. The van der Waals surface area contributed by atoms with Crippen molar-refractivity contribution in [3.05, 3.63) is 35.4 Å². The molecule has 1 saturated heterocycles. The highest BCUT2D eigenvalue weighted by Crippen LogP contribution is 2.12. The van der Waals surface area contributed by atoms with Gasteiger partial charge in [-0.1, -0.05) is 12.1 Å². The molecular weight excluding hydrogens is 242 g/mol.